The summed E-state index contributed by atoms with van der Waals surface area (Å²) in [5, 5.41) is 9.25. The van der Waals surface area contributed by atoms with Crippen LogP contribution in [0.1, 0.15) is 42.9 Å². The number of aryl methyl sites for hydroxylation is 1. The molecule has 0 spiro atoms. The number of benzene rings is 1. The monoisotopic (exact) mass is 316 g/mol. The predicted molar refractivity (Wildman–Crippen MR) is 87.1 cm³/mol. The van der Waals surface area contributed by atoms with Crippen LogP contribution in [-0.4, -0.2) is 53.0 Å². The lowest BCUT2D eigenvalue weighted by Crippen LogP contribution is -2.44. The fraction of sp³-hybridized carbons (Fsp3) is 0.556. The van der Waals surface area contributed by atoms with Crippen molar-refractivity contribution in [1.29, 1.82) is 0 Å². The number of likely N-dealkylation sites (N-methyl/N-ethyl adjacent to an activating group) is 1. The van der Waals surface area contributed by atoms with Crippen molar-refractivity contribution in [2.75, 3.05) is 20.1 Å². The molecule has 2 aliphatic rings. The van der Waals surface area contributed by atoms with Gasteiger partial charge in [0.15, 0.2) is 0 Å². The van der Waals surface area contributed by atoms with E-state index in [1.807, 2.05) is 24.1 Å². The summed E-state index contributed by atoms with van der Waals surface area (Å²) in [7, 11) is 1.85. The molecular formula is C18H24N2O3. The van der Waals surface area contributed by atoms with Gasteiger partial charge in [-0.05, 0) is 49.8 Å². The highest BCUT2D eigenvalue weighted by atomic mass is 16.4. The molecule has 1 amide bonds. The standard InChI is InChI=1S/C18H24N2O3/c1-19(15-9-4-7-13-6-2-3-8-14(13)15)17(21)12-20-11-5-10-16(20)18(22)23/h2-3,6,8,15-16H,4-5,7,9-12H2,1H3,(H,22,23)/t15-,16-/m1/s1. The molecule has 1 fully saturated rings. The minimum absolute atomic E-state index is 0.0138. The average molecular weight is 316 g/mol. The largest absolute Gasteiger partial charge is 0.480 e. The van der Waals surface area contributed by atoms with Crippen molar-refractivity contribution in [3.63, 3.8) is 0 Å². The van der Waals surface area contributed by atoms with Crippen LogP contribution in [0, 0.1) is 0 Å². The van der Waals surface area contributed by atoms with Crippen LogP contribution >= 0.6 is 0 Å². The first-order valence-corrected chi connectivity index (χ1v) is 8.38. The topological polar surface area (TPSA) is 60.9 Å². The molecule has 1 heterocycles. The molecule has 5 nitrogen and oxygen atoms in total. The van der Waals surface area contributed by atoms with Crippen molar-refractivity contribution >= 4 is 11.9 Å². The van der Waals surface area contributed by atoms with Crippen molar-refractivity contribution in [2.24, 2.45) is 0 Å². The maximum Gasteiger partial charge on any atom is 0.320 e. The highest BCUT2D eigenvalue weighted by molar-refractivity contribution is 5.80. The molecule has 0 aromatic heterocycles. The van der Waals surface area contributed by atoms with Crippen LogP contribution in [0.15, 0.2) is 24.3 Å². The van der Waals surface area contributed by atoms with Crippen LogP contribution in [0.3, 0.4) is 0 Å². The van der Waals surface area contributed by atoms with E-state index >= 15 is 0 Å². The molecule has 1 aromatic rings. The zero-order chi connectivity index (χ0) is 16.4. The summed E-state index contributed by atoms with van der Waals surface area (Å²) in [4.78, 5) is 27.5. The normalized spacial score (nSPS) is 24.2. The fourth-order valence-electron chi connectivity index (χ4n) is 3.88. The maximum absolute atomic E-state index is 12.7. The summed E-state index contributed by atoms with van der Waals surface area (Å²) in [5.41, 5.74) is 2.57. The molecular weight excluding hydrogens is 292 g/mol. The smallest absolute Gasteiger partial charge is 0.320 e. The molecule has 0 bridgehead atoms. The van der Waals surface area contributed by atoms with Crippen LogP contribution in [0.4, 0.5) is 0 Å². The summed E-state index contributed by atoms with van der Waals surface area (Å²) < 4.78 is 0. The van der Waals surface area contributed by atoms with Gasteiger partial charge < -0.3 is 10.0 Å². The number of aliphatic carboxylic acids is 1. The lowest BCUT2D eigenvalue weighted by Gasteiger charge is -2.34. The summed E-state index contributed by atoms with van der Waals surface area (Å²) in [6, 6.07) is 7.92. The van der Waals surface area contributed by atoms with Gasteiger partial charge in [0.25, 0.3) is 0 Å². The van der Waals surface area contributed by atoms with Gasteiger partial charge in [0, 0.05) is 7.05 Å². The number of carbonyl (C=O) groups excluding carboxylic acids is 1. The zero-order valence-electron chi connectivity index (χ0n) is 13.6. The van der Waals surface area contributed by atoms with Crippen LogP contribution in [0.5, 0.6) is 0 Å². The Balaban J connectivity index is 1.70. The number of fused-ring (bicyclic) bond motifs is 1. The minimum Gasteiger partial charge on any atom is -0.480 e. The van der Waals surface area contributed by atoms with Crippen molar-refractivity contribution in [3.8, 4) is 0 Å². The number of hydrogen-bond acceptors (Lipinski definition) is 3. The molecule has 3 rings (SSSR count). The first kappa shape index (κ1) is 16.0. The van der Waals surface area contributed by atoms with E-state index in [0.29, 0.717) is 13.0 Å². The molecule has 0 saturated carbocycles. The van der Waals surface area contributed by atoms with E-state index in [4.69, 9.17) is 0 Å². The van der Waals surface area contributed by atoms with Gasteiger partial charge in [-0.2, -0.15) is 0 Å². The molecule has 23 heavy (non-hydrogen) atoms. The summed E-state index contributed by atoms with van der Waals surface area (Å²) >= 11 is 0. The summed E-state index contributed by atoms with van der Waals surface area (Å²) in [6.07, 6.45) is 4.61. The van der Waals surface area contributed by atoms with Gasteiger partial charge in [-0.3, -0.25) is 14.5 Å². The highest BCUT2D eigenvalue weighted by Gasteiger charge is 2.34. The van der Waals surface area contributed by atoms with E-state index in [0.717, 1.165) is 25.7 Å². The lowest BCUT2D eigenvalue weighted by molar-refractivity contribution is -0.143. The second-order valence-corrected chi connectivity index (χ2v) is 6.58. The van der Waals surface area contributed by atoms with E-state index in [9.17, 15) is 14.7 Å². The zero-order valence-corrected chi connectivity index (χ0v) is 13.6. The molecule has 0 radical (unpaired) electrons. The van der Waals surface area contributed by atoms with Crippen molar-refractivity contribution in [3.05, 3.63) is 35.4 Å². The Kier molecular flexibility index (Phi) is 4.66. The molecule has 1 N–H and O–H groups in total. The molecule has 1 aliphatic heterocycles. The van der Waals surface area contributed by atoms with Gasteiger partial charge in [-0.25, -0.2) is 0 Å². The quantitative estimate of drug-likeness (QED) is 0.924. The first-order valence-electron chi connectivity index (χ1n) is 8.38. The molecule has 124 valence electrons. The number of amides is 1. The van der Waals surface area contributed by atoms with Gasteiger partial charge in [0.1, 0.15) is 6.04 Å². The van der Waals surface area contributed by atoms with E-state index in [-0.39, 0.29) is 18.5 Å². The van der Waals surface area contributed by atoms with E-state index in [1.165, 1.54) is 11.1 Å². The van der Waals surface area contributed by atoms with Crippen LogP contribution in [0.25, 0.3) is 0 Å². The van der Waals surface area contributed by atoms with Crippen LogP contribution < -0.4 is 0 Å². The fourth-order valence-corrected chi connectivity index (χ4v) is 3.88. The molecule has 1 aromatic carbocycles. The summed E-state index contributed by atoms with van der Waals surface area (Å²) in [5.74, 6) is -0.805. The number of carbonyl (C=O) groups is 2. The van der Waals surface area contributed by atoms with E-state index in [1.54, 1.807) is 4.90 Å². The third-order valence-corrected chi connectivity index (χ3v) is 5.19. The number of carboxylic acid groups (broad SMARTS) is 1. The van der Waals surface area contributed by atoms with Gasteiger partial charge in [0.2, 0.25) is 5.91 Å². The SMILES string of the molecule is CN(C(=O)CN1CCC[C@@H]1C(=O)O)[C@@H]1CCCc2ccccc21. The van der Waals surface area contributed by atoms with E-state index < -0.39 is 12.0 Å². The van der Waals surface area contributed by atoms with Crippen molar-refractivity contribution in [1.82, 2.24) is 9.80 Å². The lowest BCUT2D eigenvalue weighted by atomic mass is 9.87. The number of nitrogens with zero attached hydrogens (tertiary/aromatic N) is 2. The number of rotatable bonds is 4. The molecule has 1 aliphatic carbocycles. The molecule has 5 heteroatoms. The Morgan fingerprint density at radius 3 is 2.83 bits per heavy atom. The maximum atomic E-state index is 12.7. The Labute approximate surface area is 136 Å². The van der Waals surface area contributed by atoms with Crippen molar-refractivity contribution in [2.45, 2.75) is 44.2 Å². The number of hydrogen-bond donors (Lipinski definition) is 1. The Bertz CT molecular complexity index is 602. The third-order valence-electron chi connectivity index (χ3n) is 5.19. The third kappa shape index (κ3) is 3.24. The van der Waals surface area contributed by atoms with Crippen LogP contribution in [0.2, 0.25) is 0 Å². The first-order chi connectivity index (χ1) is 11.1. The van der Waals surface area contributed by atoms with Gasteiger partial charge in [-0.1, -0.05) is 24.3 Å². The molecule has 2 atom stereocenters. The van der Waals surface area contributed by atoms with E-state index in [2.05, 4.69) is 12.1 Å². The minimum atomic E-state index is -0.819. The molecule has 1 saturated heterocycles. The Morgan fingerprint density at radius 1 is 1.26 bits per heavy atom. The molecule has 0 unspecified atom stereocenters. The number of carboxylic acids is 1. The average Bonchev–Trinajstić information content (AvgIpc) is 3.02. The number of likely N-dealkylation sites (tertiary alicyclic amines) is 1. The second kappa shape index (κ2) is 6.71. The second-order valence-electron chi connectivity index (χ2n) is 6.58. The van der Waals surface area contributed by atoms with Crippen molar-refractivity contribution < 1.29 is 14.7 Å². The van der Waals surface area contributed by atoms with Crippen LogP contribution in [-0.2, 0) is 16.0 Å². The Hall–Kier alpha value is -1.88. The van der Waals surface area contributed by atoms with Gasteiger partial charge in [0.05, 0.1) is 12.6 Å². The predicted octanol–water partition coefficient (Wildman–Crippen LogP) is 2.07. The van der Waals surface area contributed by atoms with Gasteiger partial charge in [-0.15, -0.1) is 0 Å². The summed E-state index contributed by atoms with van der Waals surface area (Å²) in [6.45, 7) is 0.893. The van der Waals surface area contributed by atoms with Gasteiger partial charge >= 0.3 is 5.97 Å². The Morgan fingerprint density at radius 2 is 2.04 bits per heavy atom. The highest BCUT2D eigenvalue weighted by Crippen LogP contribution is 2.33.